The highest BCUT2D eigenvalue weighted by Crippen LogP contribution is 2.15. The third-order valence-electron chi connectivity index (χ3n) is 2.78. The number of anilines is 1. The highest BCUT2D eigenvalue weighted by atomic mass is 16.4. The Morgan fingerprint density at radius 2 is 2.33 bits per heavy atom. The van der Waals surface area contributed by atoms with E-state index in [4.69, 9.17) is 5.11 Å². The van der Waals surface area contributed by atoms with Gasteiger partial charge in [0.2, 0.25) is 0 Å². The molecule has 0 bridgehead atoms. The van der Waals surface area contributed by atoms with Crippen molar-refractivity contribution in [1.29, 1.82) is 0 Å². The Kier molecular flexibility index (Phi) is 3.35. The Bertz CT molecular complexity index is 554. The number of carboxylic acid groups (broad SMARTS) is 1. The second-order valence-corrected chi connectivity index (χ2v) is 4.00. The molecule has 1 unspecified atom stereocenters. The van der Waals surface area contributed by atoms with Gasteiger partial charge in [-0.2, -0.15) is 0 Å². The highest BCUT2D eigenvalue weighted by molar-refractivity contribution is 5.73. The van der Waals surface area contributed by atoms with Crippen molar-refractivity contribution in [2.45, 2.75) is 26.3 Å². The molecule has 1 atom stereocenters. The summed E-state index contributed by atoms with van der Waals surface area (Å²) in [5.74, 6) is -0.347. The SMILES string of the molecule is CCC(C)N(CC(=O)O)c1ccc2nnnn2n1. The first-order valence-electron chi connectivity index (χ1n) is 5.65. The Morgan fingerprint density at radius 3 is 3.00 bits per heavy atom. The number of carboxylic acids is 1. The number of aliphatic carboxylic acids is 1. The molecule has 0 aliphatic carbocycles. The number of aromatic nitrogens is 5. The molecular weight excluding hydrogens is 236 g/mol. The molecule has 0 aliphatic rings. The van der Waals surface area contributed by atoms with Gasteiger partial charge in [-0.3, -0.25) is 4.79 Å². The van der Waals surface area contributed by atoms with Crippen molar-refractivity contribution in [3.63, 3.8) is 0 Å². The molecule has 0 fully saturated rings. The Labute approximate surface area is 103 Å². The summed E-state index contributed by atoms with van der Waals surface area (Å²) in [4.78, 5) is 12.6. The first-order chi connectivity index (χ1) is 8.61. The van der Waals surface area contributed by atoms with E-state index in [1.165, 1.54) is 4.63 Å². The zero-order valence-electron chi connectivity index (χ0n) is 10.2. The van der Waals surface area contributed by atoms with E-state index in [0.717, 1.165) is 6.42 Å². The summed E-state index contributed by atoms with van der Waals surface area (Å²) in [6.45, 7) is 3.85. The quantitative estimate of drug-likeness (QED) is 0.810. The van der Waals surface area contributed by atoms with Gasteiger partial charge in [-0.25, -0.2) is 0 Å². The molecule has 0 aliphatic heterocycles. The number of rotatable bonds is 5. The van der Waals surface area contributed by atoms with Crippen LogP contribution in [0.25, 0.3) is 5.65 Å². The van der Waals surface area contributed by atoms with Crippen molar-refractivity contribution >= 4 is 17.4 Å². The van der Waals surface area contributed by atoms with E-state index in [9.17, 15) is 4.79 Å². The Morgan fingerprint density at radius 1 is 1.56 bits per heavy atom. The summed E-state index contributed by atoms with van der Waals surface area (Å²) in [5, 5.41) is 24.1. The summed E-state index contributed by atoms with van der Waals surface area (Å²) in [6, 6.07) is 3.50. The Hall–Kier alpha value is -2.25. The largest absolute Gasteiger partial charge is 0.480 e. The van der Waals surface area contributed by atoms with Crippen LogP contribution >= 0.6 is 0 Å². The van der Waals surface area contributed by atoms with Crippen LogP contribution in [0.1, 0.15) is 20.3 Å². The van der Waals surface area contributed by atoms with Gasteiger partial charge < -0.3 is 10.0 Å². The third kappa shape index (κ3) is 2.36. The normalized spacial score (nSPS) is 12.6. The van der Waals surface area contributed by atoms with Crippen LogP contribution < -0.4 is 4.90 Å². The van der Waals surface area contributed by atoms with Gasteiger partial charge in [-0.1, -0.05) is 6.92 Å². The molecule has 0 aromatic carbocycles. The first kappa shape index (κ1) is 12.2. The van der Waals surface area contributed by atoms with Crippen LogP contribution in [0.5, 0.6) is 0 Å². The maximum absolute atomic E-state index is 10.9. The van der Waals surface area contributed by atoms with Crippen molar-refractivity contribution in [2.24, 2.45) is 0 Å². The molecule has 0 amide bonds. The van der Waals surface area contributed by atoms with E-state index in [0.29, 0.717) is 11.5 Å². The second-order valence-electron chi connectivity index (χ2n) is 4.00. The zero-order valence-corrected chi connectivity index (χ0v) is 10.2. The fraction of sp³-hybridized carbons (Fsp3) is 0.500. The molecule has 2 aromatic rings. The molecular formula is C10H14N6O2. The molecule has 0 radical (unpaired) electrons. The molecule has 2 aromatic heterocycles. The molecule has 1 N–H and O–H groups in total. The van der Waals surface area contributed by atoms with E-state index in [1.807, 2.05) is 13.8 Å². The maximum atomic E-state index is 10.9. The lowest BCUT2D eigenvalue weighted by Gasteiger charge is -2.27. The van der Waals surface area contributed by atoms with Crippen LogP contribution in [0.3, 0.4) is 0 Å². The van der Waals surface area contributed by atoms with Crippen molar-refractivity contribution in [3.05, 3.63) is 12.1 Å². The summed E-state index contributed by atoms with van der Waals surface area (Å²) in [5.41, 5.74) is 0.526. The van der Waals surface area contributed by atoms with Gasteiger partial charge in [0.15, 0.2) is 11.5 Å². The molecule has 18 heavy (non-hydrogen) atoms. The smallest absolute Gasteiger partial charge is 0.323 e. The molecule has 8 heteroatoms. The number of fused-ring (bicyclic) bond motifs is 1. The monoisotopic (exact) mass is 250 g/mol. The predicted octanol–water partition coefficient (Wildman–Crippen LogP) is 0.209. The minimum absolute atomic E-state index is 0.0718. The molecule has 2 rings (SSSR count). The van der Waals surface area contributed by atoms with Crippen LogP contribution in [0.2, 0.25) is 0 Å². The highest BCUT2D eigenvalue weighted by Gasteiger charge is 2.18. The summed E-state index contributed by atoms with van der Waals surface area (Å²) < 4.78 is 1.28. The van der Waals surface area contributed by atoms with Gasteiger partial charge in [0.1, 0.15) is 6.54 Å². The maximum Gasteiger partial charge on any atom is 0.323 e. The van der Waals surface area contributed by atoms with Crippen LogP contribution in [-0.2, 0) is 4.79 Å². The van der Waals surface area contributed by atoms with Gasteiger partial charge in [0.25, 0.3) is 0 Å². The average Bonchev–Trinajstić information content (AvgIpc) is 2.81. The number of carbonyl (C=O) groups is 1. The fourth-order valence-electron chi connectivity index (χ4n) is 1.62. The number of hydrogen-bond acceptors (Lipinski definition) is 6. The summed E-state index contributed by atoms with van der Waals surface area (Å²) in [6.07, 6.45) is 0.822. The van der Waals surface area contributed by atoms with Crippen molar-refractivity contribution < 1.29 is 9.90 Å². The van der Waals surface area contributed by atoms with Crippen LogP contribution in [-0.4, -0.2) is 48.9 Å². The Balaban J connectivity index is 2.36. The lowest BCUT2D eigenvalue weighted by atomic mass is 10.2. The minimum Gasteiger partial charge on any atom is -0.480 e. The van der Waals surface area contributed by atoms with E-state index in [2.05, 4.69) is 20.6 Å². The van der Waals surface area contributed by atoms with Crippen molar-refractivity contribution in [3.8, 4) is 0 Å². The van der Waals surface area contributed by atoms with Gasteiger partial charge in [0, 0.05) is 6.04 Å². The molecule has 0 saturated carbocycles. The minimum atomic E-state index is -0.895. The van der Waals surface area contributed by atoms with Crippen LogP contribution in [0.15, 0.2) is 12.1 Å². The van der Waals surface area contributed by atoms with Crippen LogP contribution in [0.4, 0.5) is 5.82 Å². The lowest BCUT2D eigenvalue weighted by molar-refractivity contribution is -0.135. The van der Waals surface area contributed by atoms with Gasteiger partial charge >= 0.3 is 5.97 Å². The molecule has 2 heterocycles. The third-order valence-corrected chi connectivity index (χ3v) is 2.78. The van der Waals surface area contributed by atoms with Gasteiger partial charge in [-0.15, -0.1) is 14.8 Å². The number of hydrogen-bond donors (Lipinski definition) is 1. The lowest BCUT2D eigenvalue weighted by Crippen LogP contribution is -2.38. The van der Waals surface area contributed by atoms with Crippen molar-refractivity contribution in [1.82, 2.24) is 25.3 Å². The summed E-state index contributed by atoms with van der Waals surface area (Å²) in [7, 11) is 0. The van der Waals surface area contributed by atoms with E-state index in [1.54, 1.807) is 17.0 Å². The predicted molar refractivity (Wildman–Crippen MR) is 63.3 cm³/mol. The zero-order chi connectivity index (χ0) is 13.1. The van der Waals surface area contributed by atoms with E-state index < -0.39 is 5.97 Å². The topological polar surface area (TPSA) is 96.5 Å². The molecule has 0 spiro atoms. The number of nitrogens with zero attached hydrogens (tertiary/aromatic N) is 6. The van der Waals surface area contributed by atoms with Crippen molar-refractivity contribution in [2.75, 3.05) is 11.4 Å². The average molecular weight is 250 g/mol. The first-order valence-corrected chi connectivity index (χ1v) is 5.65. The van der Waals surface area contributed by atoms with E-state index >= 15 is 0 Å². The van der Waals surface area contributed by atoms with Gasteiger partial charge in [0.05, 0.1) is 0 Å². The second kappa shape index (κ2) is 4.94. The van der Waals surface area contributed by atoms with E-state index in [-0.39, 0.29) is 12.6 Å². The standard InChI is InChI=1S/C10H14N6O2/c1-3-7(2)15(6-10(17)18)9-5-4-8-11-13-14-16(8)12-9/h4-5,7H,3,6H2,1-2H3,(H,17,18). The molecule has 96 valence electrons. The number of tetrazole rings is 1. The molecule has 0 saturated heterocycles. The molecule has 8 nitrogen and oxygen atoms in total. The van der Waals surface area contributed by atoms with Crippen LogP contribution in [0, 0.1) is 0 Å². The summed E-state index contributed by atoms with van der Waals surface area (Å²) >= 11 is 0. The fourth-order valence-corrected chi connectivity index (χ4v) is 1.62. The van der Waals surface area contributed by atoms with Gasteiger partial charge in [-0.05, 0) is 35.9 Å².